The maximum atomic E-state index is 13.2. The minimum absolute atomic E-state index is 0.0969. The molecule has 0 saturated carbocycles. The number of ether oxygens (including phenoxy) is 1. The van der Waals surface area contributed by atoms with Crippen molar-refractivity contribution in [1.82, 2.24) is 9.80 Å². The molecule has 1 aromatic carbocycles. The molecule has 0 bridgehead atoms. The van der Waals surface area contributed by atoms with Gasteiger partial charge in [-0.25, -0.2) is 4.79 Å². The monoisotopic (exact) mass is 484 g/mol. The van der Waals surface area contributed by atoms with Gasteiger partial charge in [0.2, 0.25) is 0 Å². The molecule has 0 spiro atoms. The summed E-state index contributed by atoms with van der Waals surface area (Å²) in [7, 11) is -6.82. The Morgan fingerprint density at radius 1 is 1.16 bits per heavy atom. The molecule has 0 atom stereocenters. The second kappa shape index (κ2) is 9.81. The first-order valence-corrected chi connectivity index (χ1v) is 15.3. The van der Waals surface area contributed by atoms with Crippen LogP contribution >= 0.6 is 0 Å². The van der Waals surface area contributed by atoms with Crippen molar-refractivity contribution >= 4 is 24.7 Å². The smallest absolute Gasteiger partial charge is 0.444 e. The largest absolute Gasteiger partial charge is 0.488 e. The van der Waals surface area contributed by atoms with Crippen LogP contribution in [-0.2, 0) is 21.8 Å². The van der Waals surface area contributed by atoms with E-state index in [0.29, 0.717) is 38.3 Å². The van der Waals surface area contributed by atoms with Gasteiger partial charge in [-0.05, 0) is 51.0 Å². The lowest BCUT2D eigenvalue weighted by molar-refractivity contribution is 0.0139. The van der Waals surface area contributed by atoms with Crippen molar-refractivity contribution < 1.29 is 26.0 Å². The Balaban J connectivity index is 2.21. The van der Waals surface area contributed by atoms with E-state index in [1.165, 1.54) is 12.1 Å². The van der Waals surface area contributed by atoms with Gasteiger partial charge in [0.25, 0.3) is 0 Å². The van der Waals surface area contributed by atoms with Crippen molar-refractivity contribution in [3.05, 3.63) is 28.8 Å². The summed E-state index contributed by atoms with van der Waals surface area (Å²) >= 11 is 0. The fourth-order valence-electron chi connectivity index (χ4n) is 3.11. The third-order valence-corrected chi connectivity index (χ3v) is 5.94. The van der Waals surface area contributed by atoms with Gasteiger partial charge in [-0.1, -0.05) is 29.4 Å². The highest BCUT2D eigenvalue weighted by Gasteiger charge is 2.26. The Hall–Kier alpha value is -2.09. The van der Waals surface area contributed by atoms with Gasteiger partial charge in [0.05, 0.1) is 0 Å². The van der Waals surface area contributed by atoms with E-state index in [-0.39, 0.29) is 11.8 Å². The zero-order chi connectivity index (χ0) is 24.3. The van der Waals surface area contributed by atoms with Gasteiger partial charge in [0.15, 0.2) is 0 Å². The number of carbonyl (C=O) groups is 1. The van der Waals surface area contributed by atoms with Gasteiger partial charge < -0.3 is 13.8 Å². The fourth-order valence-corrected chi connectivity index (χ4v) is 3.95. The van der Waals surface area contributed by atoms with Crippen molar-refractivity contribution in [3.8, 4) is 17.2 Å². The van der Waals surface area contributed by atoms with E-state index < -0.39 is 24.2 Å². The average molecular weight is 485 g/mol. The van der Waals surface area contributed by atoms with Crippen LogP contribution in [0.1, 0.15) is 37.5 Å². The number of amides is 1. The molecule has 0 aliphatic carbocycles. The minimum Gasteiger partial charge on any atom is -0.444 e. The molecule has 1 aliphatic rings. The van der Waals surface area contributed by atoms with Crippen molar-refractivity contribution in [2.75, 3.05) is 26.2 Å². The summed E-state index contributed by atoms with van der Waals surface area (Å²) in [5, 5.41) is 0. The van der Waals surface area contributed by atoms with Crippen LogP contribution < -0.4 is 4.18 Å². The second-order valence-electron chi connectivity index (χ2n) is 9.97. The van der Waals surface area contributed by atoms with Crippen molar-refractivity contribution in [3.63, 3.8) is 0 Å². The lowest BCUT2D eigenvalue weighted by atomic mass is 10.0. The number of rotatable bonds is 4. The van der Waals surface area contributed by atoms with Crippen LogP contribution in [-0.4, -0.2) is 64.2 Å². The van der Waals surface area contributed by atoms with Gasteiger partial charge in [-0.3, -0.25) is 4.90 Å². The van der Waals surface area contributed by atoms with Crippen LogP contribution in [0.15, 0.2) is 12.1 Å². The summed E-state index contributed by atoms with van der Waals surface area (Å²) in [5.41, 5.74) is 5.03. The molecule has 7 nitrogen and oxygen atoms in total. The Kier molecular flexibility index (Phi) is 8.02. The van der Waals surface area contributed by atoms with Gasteiger partial charge >= 0.3 is 16.6 Å². The number of hydrogen-bond donors (Lipinski definition) is 0. The van der Waals surface area contributed by atoms with E-state index in [9.17, 15) is 17.1 Å². The summed E-state index contributed by atoms with van der Waals surface area (Å²) in [5.74, 6) is 3.03. The number of hydrogen-bond acceptors (Lipinski definition) is 6. The third kappa shape index (κ3) is 8.80. The molecule has 0 unspecified atom stereocenters. The number of piperazine rings is 1. The summed E-state index contributed by atoms with van der Waals surface area (Å²) in [6, 6.07) is 3.00. The standard InChI is InChI=1S/C22H33FN2O5SSi/c1-17-18(8-13-32(5,6)7)14-20(30-31(23,27)28)15-19(17)16-24-9-11-25(12-10-24)21(26)29-22(2,3)4/h14-15H,9-12,16H2,1-7H3. The lowest BCUT2D eigenvalue weighted by Gasteiger charge is -2.35. The first-order chi connectivity index (χ1) is 14.5. The van der Waals surface area contributed by atoms with Gasteiger partial charge in [-0.15, -0.1) is 5.54 Å². The molecule has 10 heteroatoms. The first kappa shape index (κ1) is 26.2. The highest BCUT2D eigenvalue weighted by atomic mass is 32.3. The predicted octanol–water partition coefficient (Wildman–Crippen LogP) is 3.87. The van der Waals surface area contributed by atoms with Crippen LogP contribution in [0, 0.1) is 18.4 Å². The van der Waals surface area contributed by atoms with E-state index in [0.717, 1.165) is 11.1 Å². The van der Waals surface area contributed by atoms with Crippen molar-refractivity contribution in [2.24, 2.45) is 0 Å². The van der Waals surface area contributed by atoms with Crippen molar-refractivity contribution in [1.29, 1.82) is 0 Å². The van der Waals surface area contributed by atoms with Crippen LogP contribution in [0.3, 0.4) is 0 Å². The van der Waals surface area contributed by atoms with Gasteiger partial charge in [0.1, 0.15) is 19.4 Å². The number of nitrogens with zero attached hydrogens (tertiary/aromatic N) is 2. The van der Waals surface area contributed by atoms with Crippen molar-refractivity contribution in [2.45, 2.75) is 59.5 Å². The summed E-state index contributed by atoms with van der Waals surface area (Å²) in [6.45, 7) is 16.5. The SMILES string of the molecule is Cc1c(C#C[Si](C)(C)C)cc(OS(=O)(=O)F)cc1CN1CCN(C(=O)OC(C)(C)C)CC1. The number of carbonyl (C=O) groups excluding carboxylic acids is 1. The summed E-state index contributed by atoms with van der Waals surface area (Å²) in [6.07, 6.45) is -0.333. The molecule has 0 radical (unpaired) electrons. The number of halogens is 1. The van der Waals surface area contributed by atoms with E-state index in [4.69, 9.17) is 4.74 Å². The number of benzene rings is 1. The van der Waals surface area contributed by atoms with Gasteiger partial charge in [0, 0.05) is 38.3 Å². The molecule has 1 aromatic rings. The normalized spacial score (nSPS) is 15.7. The highest BCUT2D eigenvalue weighted by molar-refractivity contribution is 7.81. The molecular weight excluding hydrogens is 451 g/mol. The Morgan fingerprint density at radius 2 is 1.75 bits per heavy atom. The molecule has 1 aliphatic heterocycles. The molecule has 1 fully saturated rings. The predicted molar refractivity (Wildman–Crippen MR) is 125 cm³/mol. The average Bonchev–Trinajstić information content (AvgIpc) is 2.60. The zero-order valence-corrected chi connectivity index (χ0v) is 21.7. The van der Waals surface area contributed by atoms with E-state index in [2.05, 4.69) is 40.2 Å². The maximum Gasteiger partial charge on any atom is 0.488 e. The third-order valence-electron chi connectivity index (χ3n) is 4.67. The molecule has 1 saturated heterocycles. The van der Waals surface area contributed by atoms with Gasteiger partial charge in [-0.2, -0.15) is 8.42 Å². The molecule has 1 heterocycles. The van der Waals surface area contributed by atoms with E-state index >= 15 is 0 Å². The topological polar surface area (TPSA) is 76.2 Å². The summed E-state index contributed by atoms with van der Waals surface area (Å²) in [4.78, 5) is 16.1. The minimum atomic E-state index is -5.14. The van der Waals surface area contributed by atoms with E-state index in [1.807, 2.05) is 27.7 Å². The van der Waals surface area contributed by atoms with Crippen LogP contribution in [0.2, 0.25) is 19.6 Å². The van der Waals surface area contributed by atoms with E-state index in [1.54, 1.807) is 4.90 Å². The maximum absolute atomic E-state index is 13.2. The molecule has 0 N–H and O–H groups in total. The second-order valence-corrected chi connectivity index (χ2v) is 15.7. The molecule has 178 valence electrons. The van der Waals surface area contributed by atoms with Crippen LogP contribution in [0.25, 0.3) is 0 Å². The summed E-state index contributed by atoms with van der Waals surface area (Å²) < 4.78 is 45.2. The van der Waals surface area contributed by atoms with Crippen LogP contribution in [0.4, 0.5) is 8.68 Å². The fraction of sp³-hybridized carbons (Fsp3) is 0.591. The quantitative estimate of drug-likeness (QED) is 0.367. The lowest BCUT2D eigenvalue weighted by Crippen LogP contribution is -2.49. The first-order valence-electron chi connectivity index (χ1n) is 10.5. The zero-order valence-electron chi connectivity index (χ0n) is 19.9. The Bertz CT molecular complexity index is 1010. The Morgan fingerprint density at radius 3 is 2.25 bits per heavy atom. The molecular formula is C22H33FN2O5SSi. The molecule has 1 amide bonds. The molecule has 2 rings (SSSR count). The highest BCUT2D eigenvalue weighted by Crippen LogP contribution is 2.25. The molecule has 32 heavy (non-hydrogen) atoms. The molecule has 0 aromatic heterocycles. The van der Waals surface area contributed by atoms with Crippen LogP contribution in [0.5, 0.6) is 5.75 Å². The Labute approximate surface area is 192 Å².